The molecule has 4 heteroatoms. The van der Waals surface area contributed by atoms with Crippen LogP contribution in [0.3, 0.4) is 0 Å². The molecule has 0 aromatic carbocycles. The minimum Gasteiger partial charge on any atom is -0.481 e. The molecule has 228 valence electrons. The molecule has 39 heavy (non-hydrogen) atoms. The van der Waals surface area contributed by atoms with E-state index in [0.29, 0.717) is 6.42 Å². The minimum absolute atomic E-state index is 0.0412. The molecule has 4 nitrogen and oxygen atoms in total. The van der Waals surface area contributed by atoms with Crippen LogP contribution in [0.2, 0.25) is 0 Å². The van der Waals surface area contributed by atoms with Crippen LogP contribution in [-0.2, 0) is 14.3 Å². The Hall–Kier alpha value is -1.58. The molecule has 0 aromatic heterocycles. The van der Waals surface area contributed by atoms with E-state index in [-0.39, 0.29) is 13.0 Å². The number of rotatable bonds is 31. The molecule has 0 aliphatic rings. The topological polar surface area (TPSA) is 63.6 Å². The van der Waals surface area contributed by atoms with Crippen LogP contribution in [0.25, 0.3) is 0 Å². The summed E-state index contributed by atoms with van der Waals surface area (Å²) in [5, 5.41) is 9.31. The minimum atomic E-state index is -0.900. The summed E-state index contributed by atoms with van der Waals surface area (Å²) in [5.41, 5.74) is 0. The lowest BCUT2D eigenvalue weighted by Crippen LogP contribution is -2.19. The number of carbonyl (C=O) groups excluding carboxylic acids is 1. The average molecular weight is 549 g/mol. The first kappa shape index (κ1) is 37.4. The second kappa shape index (κ2) is 31.0. The zero-order chi connectivity index (χ0) is 28.7. The number of ether oxygens (including phenoxy) is 1. The van der Waals surface area contributed by atoms with Crippen LogP contribution in [0.4, 0.5) is 0 Å². The lowest BCUT2D eigenvalue weighted by atomic mass is 9.97. The van der Waals surface area contributed by atoms with Gasteiger partial charge in [-0.3, -0.25) is 9.59 Å². The number of hydrogen-bond acceptors (Lipinski definition) is 3. The van der Waals surface area contributed by atoms with Gasteiger partial charge in [0.25, 0.3) is 0 Å². The number of carbonyl (C=O) groups is 2. The number of hydrogen-bond donors (Lipinski definition) is 1. The third-order valence-corrected chi connectivity index (χ3v) is 7.69. The van der Waals surface area contributed by atoms with Crippen LogP contribution in [-0.4, -0.2) is 23.7 Å². The van der Waals surface area contributed by atoms with E-state index in [1.54, 1.807) is 0 Å². The quantitative estimate of drug-likeness (QED) is 0.0531. The van der Waals surface area contributed by atoms with Crippen LogP contribution < -0.4 is 0 Å². The number of carboxylic acids is 1. The van der Waals surface area contributed by atoms with E-state index >= 15 is 0 Å². The van der Waals surface area contributed by atoms with Crippen LogP contribution in [0.15, 0.2) is 24.8 Å². The Morgan fingerprint density at radius 3 is 1.41 bits per heavy atom. The molecular formula is C35H64O4. The molecular weight excluding hydrogens is 484 g/mol. The highest BCUT2D eigenvalue weighted by Crippen LogP contribution is 2.18. The number of unbranched alkanes of at least 4 members (excludes halogenated alkanes) is 22. The van der Waals surface area contributed by atoms with Gasteiger partial charge in [-0.2, -0.15) is 0 Å². The Morgan fingerprint density at radius 1 is 0.641 bits per heavy atom. The van der Waals surface area contributed by atoms with Gasteiger partial charge < -0.3 is 9.84 Å². The van der Waals surface area contributed by atoms with Gasteiger partial charge in [-0.05, 0) is 32.1 Å². The fourth-order valence-corrected chi connectivity index (χ4v) is 5.13. The van der Waals surface area contributed by atoms with Gasteiger partial charge in [0.1, 0.15) is 6.61 Å². The van der Waals surface area contributed by atoms with Crippen molar-refractivity contribution in [2.45, 2.75) is 174 Å². The van der Waals surface area contributed by atoms with Crippen LogP contribution in [0.1, 0.15) is 174 Å². The van der Waals surface area contributed by atoms with Crippen molar-refractivity contribution in [2.24, 2.45) is 5.92 Å². The Bertz CT molecular complexity index is 583. The summed E-state index contributed by atoms with van der Waals surface area (Å²) in [5.74, 6) is -1.98. The smallest absolute Gasteiger partial charge is 0.307 e. The molecule has 0 radical (unpaired) electrons. The zero-order valence-corrected chi connectivity index (χ0v) is 25.8. The van der Waals surface area contributed by atoms with Crippen molar-refractivity contribution < 1.29 is 19.4 Å². The highest BCUT2D eigenvalue weighted by Gasteiger charge is 2.21. The highest BCUT2D eigenvalue weighted by atomic mass is 16.5. The Morgan fingerprint density at radius 2 is 1.03 bits per heavy atom. The molecule has 0 aromatic rings. The predicted octanol–water partition coefficient (Wildman–Crippen LogP) is 11.1. The number of esters is 1. The van der Waals surface area contributed by atoms with E-state index in [9.17, 15) is 14.7 Å². The second-order valence-electron chi connectivity index (χ2n) is 11.5. The van der Waals surface area contributed by atoms with E-state index < -0.39 is 17.9 Å². The molecule has 0 bridgehead atoms. The molecule has 0 fully saturated rings. The lowest BCUT2D eigenvalue weighted by molar-refractivity contribution is -0.151. The number of aliphatic carboxylic acids is 1. The SMILES string of the molecule is C=CCOC(=O)CC(CCCCCCCCCCCCCCCCCC/C=C/CCCCCCCC)C(=O)O. The van der Waals surface area contributed by atoms with E-state index in [4.69, 9.17) is 4.74 Å². The van der Waals surface area contributed by atoms with E-state index in [0.717, 1.165) is 19.3 Å². The first-order valence-corrected chi connectivity index (χ1v) is 16.8. The largest absolute Gasteiger partial charge is 0.481 e. The van der Waals surface area contributed by atoms with Crippen molar-refractivity contribution >= 4 is 11.9 Å². The van der Waals surface area contributed by atoms with Gasteiger partial charge in [-0.25, -0.2) is 0 Å². The maximum Gasteiger partial charge on any atom is 0.307 e. The molecule has 0 spiro atoms. The average Bonchev–Trinajstić information content (AvgIpc) is 2.93. The fourth-order valence-electron chi connectivity index (χ4n) is 5.13. The fraction of sp³-hybridized carbons (Fsp3) is 0.829. The van der Waals surface area contributed by atoms with Crippen molar-refractivity contribution in [2.75, 3.05) is 6.61 Å². The number of carboxylic acid groups (broad SMARTS) is 1. The molecule has 0 saturated heterocycles. The molecule has 1 N–H and O–H groups in total. The predicted molar refractivity (Wildman–Crippen MR) is 167 cm³/mol. The van der Waals surface area contributed by atoms with Gasteiger partial charge in [0, 0.05) is 0 Å². The summed E-state index contributed by atoms with van der Waals surface area (Å²) >= 11 is 0. The van der Waals surface area contributed by atoms with Crippen LogP contribution >= 0.6 is 0 Å². The van der Waals surface area contributed by atoms with Gasteiger partial charge in [0.05, 0.1) is 12.3 Å². The Kier molecular flexibility index (Phi) is 29.7. The molecule has 1 unspecified atom stereocenters. The summed E-state index contributed by atoms with van der Waals surface area (Å²) in [6, 6.07) is 0. The molecule has 0 heterocycles. The van der Waals surface area contributed by atoms with Crippen LogP contribution in [0, 0.1) is 5.92 Å². The van der Waals surface area contributed by atoms with Gasteiger partial charge in [0.15, 0.2) is 0 Å². The maximum atomic E-state index is 11.6. The van der Waals surface area contributed by atoms with Crippen molar-refractivity contribution in [1.82, 2.24) is 0 Å². The summed E-state index contributed by atoms with van der Waals surface area (Å²) in [4.78, 5) is 23.0. The zero-order valence-electron chi connectivity index (χ0n) is 25.8. The molecule has 0 saturated carbocycles. The molecule has 0 aliphatic carbocycles. The third kappa shape index (κ3) is 29.2. The standard InChI is InChI=1S/C35H64O4/c1-3-5-6-7-8-9-10-11-12-13-14-15-16-17-18-19-20-21-22-23-24-25-26-27-28-29-30-33(35(37)38)32-34(36)39-31-4-2/h4,11-12,33H,2-3,5-10,13-32H2,1H3,(H,37,38)/b12-11+. The normalized spacial score (nSPS) is 12.1. The van der Waals surface area contributed by atoms with Gasteiger partial charge in [0.2, 0.25) is 0 Å². The van der Waals surface area contributed by atoms with Crippen LogP contribution in [0.5, 0.6) is 0 Å². The van der Waals surface area contributed by atoms with Gasteiger partial charge in [-0.15, -0.1) is 0 Å². The summed E-state index contributed by atoms with van der Waals surface area (Å²) in [7, 11) is 0. The van der Waals surface area contributed by atoms with Crippen molar-refractivity contribution in [3.8, 4) is 0 Å². The third-order valence-electron chi connectivity index (χ3n) is 7.69. The number of allylic oxidation sites excluding steroid dienone is 2. The summed E-state index contributed by atoms with van der Waals surface area (Å²) < 4.78 is 4.91. The second-order valence-corrected chi connectivity index (χ2v) is 11.5. The van der Waals surface area contributed by atoms with Crippen molar-refractivity contribution in [1.29, 1.82) is 0 Å². The van der Waals surface area contributed by atoms with Gasteiger partial charge >= 0.3 is 11.9 Å². The van der Waals surface area contributed by atoms with E-state index in [1.165, 1.54) is 141 Å². The molecule has 0 rings (SSSR count). The Labute approximate surface area is 242 Å². The van der Waals surface area contributed by atoms with E-state index in [1.807, 2.05) is 0 Å². The maximum absolute atomic E-state index is 11.6. The first-order valence-electron chi connectivity index (χ1n) is 16.8. The van der Waals surface area contributed by atoms with Crippen molar-refractivity contribution in [3.63, 3.8) is 0 Å². The summed E-state index contributed by atoms with van der Waals surface area (Å²) in [6.07, 6.45) is 38.5. The van der Waals surface area contributed by atoms with Gasteiger partial charge in [-0.1, -0.05) is 160 Å². The monoisotopic (exact) mass is 548 g/mol. The molecule has 0 amide bonds. The molecule has 1 atom stereocenters. The highest BCUT2D eigenvalue weighted by molar-refractivity contribution is 5.78. The first-order chi connectivity index (χ1) is 19.1. The van der Waals surface area contributed by atoms with E-state index in [2.05, 4.69) is 25.7 Å². The van der Waals surface area contributed by atoms with Crippen molar-refractivity contribution in [3.05, 3.63) is 24.8 Å². The lowest BCUT2D eigenvalue weighted by Gasteiger charge is -2.11. The molecule has 0 aliphatic heterocycles. The Balaban J connectivity index is 3.32. The summed E-state index contributed by atoms with van der Waals surface area (Å²) in [6.45, 7) is 5.91.